The summed E-state index contributed by atoms with van der Waals surface area (Å²) in [5.74, 6) is -0.0479. The fourth-order valence-corrected chi connectivity index (χ4v) is 3.60. The van der Waals surface area contributed by atoms with Gasteiger partial charge in [0.05, 0.1) is 9.90 Å². The second-order valence-electron chi connectivity index (χ2n) is 4.12. The zero-order chi connectivity index (χ0) is 12.4. The Morgan fingerprint density at radius 1 is 1.53 bits per heavy atom. The predicted molar refractivity (Wildman–Crippen MR) is 72.1 cm³/mol. The Kier molecular flexibility index (Phi) is 4.31. The summed E-state index contributed by atoms with van der Waals surface area (Å²) in [4.78, 5) is 14.2. The van der Waals surface area contributed by atoms with Crippen molar-refractivity contribution >= 4 is 40.4 Å². The second kappa shape index (κ2) is 5.57. The second-order valence-corrected chi connectivity index (χ2v) is 6.41. The number of amides is 1. The number of nitrogens with zero attached hydrogens (tertiary/aromatic N) is 1. The first-order valence-corrected chi connectivity index (χ1v) is 7.16. The van der Waals surface area contributed by atoms with Gasteiger partial charge in [-0.25, -0.2) is 0 Å². The minimum atomic E-state index is -0.0479. The van der Waals surface area contributed by atoms with Crippen molar-refractivity contribution < 1.29 is 4.79 Å². The lowest BCUT2D eigenvalue weighted by Crippen LogP contribution is -2.47. The normalized spacial score (nSPS) is 20.6. The molecule has 1 fully saturated rings. The van der Waals surface area contributed by atoms with Gasteiger partial charge in [0, 0.05) is 19.1 Å². The van der Waals surface area contributed by atoms with Gasteiger partial charge in [-0.2, -0.15) is 0 Å². The SMILES string of the molecule is NC[C@@H]1CCCCN1C(=O)c1cc(Cl)sc1Cl. The van der Waals surface area contributed by atoms with Crippen molar-refractivity contribution in [3.8, 4) is 0 Å². The van der Waals surface area contributed by atoms with Gasteiger partial charge in [0.25, 0.3) is 5.91 Å². The predicted octanol–water partition coefficient (Wildman–Crippen LogP) is 3.01. The molecule has 0 saturated carbocycles. The Hall–Kier alpha value is -0.290. The lowest BCUT2D eigenvalue weighted by molar-refractivity contribution is 0.0624. The molecule has 1 saturated heterocycles. The Morgan fingerprint density at radius 3 is 2.88 bits per heavy atom. The highest BCUT2D eigenvalue weighted by Crippen LogP contribution is 2.33. The summed E-state index contributed by atoms with van der Waals surface area (Å²) < 4.78 is 1.00. The van der Waals surface area contributed by atoms with Crippen LogP contribution >= 0.6 is 34.5 Å². The summed E-state index contributed by atoms with van der Waals surface area (Å²) in [6.45, 7) is 1.26. The monoisotopic (exact) mass is 292 g/mol. The fraction of sp³-hybridized carbons (Fsp3) is 0.545. The maximum atomic E-state index is 12.3. The van der Waals surface area contributed by atoms with E-state index in [2.05, 4.69) is 0 Å². The minimum Gasteiger partial charge on any atom is -0.334 e. The number of hydrogen-bond donors (Lipinski definition) is 1. The number of thiophene rings is 1. The first-order valence-electron chi connectivity index (χ1n) is 5.59. The smallest absolute Gasteiger partial charge is 0.256 e. The summed E-state index contributed by atoms with van der Waals surface area (Å²) in [5, 5.41) is 0. The van der Waals surface area contributed by atoms with Crippen LogP contribution in [-0.4, -0.2) is 29.9 Å². The van der Waals surface area contributed by atoms with Gasteiger partial charge in [0.2, 0.25) is 0 Å². The highest BCUT2D eigenvalue weighted by molar-refractivity contribution is 7.20. The Bertz CT molecular complexity index is 422. The van der Waals surface area contributed by atoms with E-state index in [0.717, 1.165) is 25.8 Å². The van der Waals surface area contributed by atoms with Gasteiger partial charge in [-0.05, 0) is 25.3 Å². The molecule has 1 aromatic rings. The average molecular weight is 293 g/mol. The molecule has 0 aromatic carbocycles. The van der Waals surface area contributed by atoms with Crippen LogP contribution in [0.3, 0.4) is 0 Å². The van der Waals surface area contributed by atoms with Crippen molar-refractivity contribution in [3.63, 3.8) is 0 Å². The summed E-state index contributed by atoms with van der Waals surface area (Å²) >= 11 is 13.1. The van der Waals surface area contributed by atoms with Crippen LogP contribution in [-0.2, 0) is 0 Å². The number of carbonyl (C=O) groups excluding carboxylic acids is 1. The van der Waals surface area contributed by atoms with Gasteiger partial charge in [0.15, 0.2) is 0 Å². The summed E-state index contributed by atoms with van der Waals surface area (Å²) in [5.41, 5.74) is 6.20. The molecule has 6 heteroatoms. The molecule has 1 aromatic heterocycles. The molecule has 1 atom stereocenters. The van der Waals surface area contributed by atoms with Crippen LogP contribution in [0.25, 0.3) is 0 Å². The van der Waals surface area contributed by atoms with Gasteiger partial charge in [-0.15, -0.1) is 11.3 Å². The Balaban J connectivity index is 2.21. The lowest BCUT2D eigenvalue weighted by Gasteiger charge is -2.35. The summed E-state index contributed by atoms with van der Waals surface area (Å²) in [6, 6.07) is 1.77. The summed E-state index contributed by atoms with van der Waals surface area (Å²) in [6.07, 6.45) is 3.12. The van der Waals surface area contributed by atoms with Gasteiger partial charge in [0.1, 0.15) is 4.34 Å². The number of carbonyl (C=O) groups is 1. The summed E-state index contributed by atoms with van der Waals surface area (Å²) in [7, 11) is 0. The Labute approximate surface area is 114 Å². The van der Waals surface area contributed by atoms with Crippen LogP contribution < -0.4 is 5.73 Å². The van der Waals surface area contributed by atoms with E-state index < -0.39 is 0 Å². The van der Waals surface area contributed by atoms with E-state index in [0.29, 0.717) is 20.8 Å². The third-order valence-electron chi connectivity index (χ3n) is 3.05. The molecule has 2 N–H and O–H groups in total. The van der Waals surface area contributed by atoms with E-state index in [1.807, 2.05) is 4.90 Å². The van der Waals surface area contributed by atoms with Crippen molar-refractivity contribution in [1.82, 2.24) is 4.90 Å². The number of piperidine rings is 1. The third kappa shape index (κ3) is 2.76. The largest absolute Gasteiger partial charge is 0.334 e. The van der Waals surface area contributed by atoms with Crippen LogP contribution in [0.2, 0.25) is 8.67 Å². The van der Waals surface area contributed by atoms with Gasteiger partial charge in [-0.1, -0.05) is 23.2 Å². The molecule has 1 amide bonds. The highest BCUT2D eigenvalue weighted by atomic mass is 35.5. The fourth-order valence-electron chi connectivity index (χ4n) is 2.15. The topological polar surface area (TPSA) is 46.3 Å². The number of halogens is 2. The molecule has 17 heavy (non-hydrogen) atoms. The lowest BCUT2D eigenvalue weighted by atomic mass is 10.0. The molecule has 0 radical (unpaired) electrons. The van der Waals surface area contributed by atoms with E-state index in [9.17, 15) is 4.79 Å². The molecule has 0 bridgehead atoms. The average Bonchev–Trinajstić information content (AvgIpc) is 2.67. The van der Waals surface area contributed by atoms with E-state index >= 15 is 0 Å². The van der Waals surface area contributed by atoms with Crippen molar-refractivity contribution in [2.45, 2.75) is 25.3 Å². The maximum absolute atomic E-state index is 12.3. The number of rotatable bonds is 2. The van der Waals surface area contributed by atoms with E-state index in [4.69, 9.17) is 28.9 Å². The molecule has 2 rings (SSSR count). The third-order valence-corrected chi connectivity index (χ3v) is 4.53. The molecule has 2 heterocycles. The molecule has 3 nitrogen and oxygen atoms in total. The molecular weight excluding hydrogens is 279 g/mol. The molecule has 0 spiro atoms. The standard InChI is InChI=1S/C11H14Cl2N2OS/c12-9-5-8(10(13)17-9)11(16)15-4-2-1-3-7(15)6-14/h5,7H,1-4,6,14H2/t7-/m0/s1. The molecular formula is C11H14Cl2N2OS. The van der Waals surface area contributed by atoms with E-state index in [1.165, 1.54) is 11.3 Å². The number of nitrogens with two attached hydrogens (primary N) is 1. The van der Waals surface area contributed by atoms with Crippen molar-refractivity contribution in [3.05, 3.63) is 20.3 Å². The quantitative estimate of drug-likeness (QED) is 0.911. The number of hydrogen-bond acceptors (Lipinski definition) is 3. The molecule has 1 aliphatic heterocycles. The van der Waals surface area contributed by atoms with Crippen LogP contribution in [0.4, 0.5) is 0 Å². The zero-order valence-corrected chi connectivity index (χ0v) is 11.6. The molecule has 0 aliphatic carbocycles. The molecule has 1 aliphatic rings. The van der Waals surface area contributed by atoms with Gasteiger partial charge in [-0.3, -0.25) is 4.79 Å². The first-order chi connectivity index (χ1) is 8.13. The van der Waals surface area contributed by atoms with E-state index in [-0.39, 0.29) is 11.9 Å². The van der Waals surface area contributed by atoms with Crippen LogP contribution in [0.15, 0.2) is 6.07 Å². The van der Waals surface area contributed by atoms with Crippen molar-refractivity contribution in [1.29, 1.82) is 0 Å². The maximum Gasteiger partial charge on any atom is 0.256 e. The van der Waals surface area contributed by atoms with Crippen LogP contribution in [0, 0.1) is 0 Å². The minimum absolute atomic E-state index is 0.0479. The highest BCUT2D eigenvalue weighted by Gasteiger charge is 2.28. The van der Waals surface area contributed by atoms with Crippen molar-refractivity contribution in [2.24, 2.45) is 5.73 Å². The van der Waals surface area contributed by atoms with Crippen LogP contribution in [0.5, 0.6) is 0 Å². The first kappa shape index (κ1) is 13.1. The zero-order valence-electron chi connectivity index (χ0n) is 9.29. The van der Waals surface area contributed by atoms with Crippen LogP contribution in [0.1, 0.15) is 29.6 Å². The molecule has 94 valence electrons. The van der Waals surface area contributed by atoms with Gasteiger partial charge >= 0.3 is 0 Å². The number of likely N-dealkylation sites (tertiary alicyclic amines) is 1. The van der Waals surface area contributed by atoms with Gasteiger partial charge < -0.3 is 10.6 Å². The Morgan fingerprint density at radius 2 is 2.29 bits per heavy atom. The van der Waals surface area contributed by atoms with E-state index in [1.54, 1.807) is 6.07 Å². The van der Waals surface area contributed by atoms with Crippen molar-refractivity contribution in [2.75, 3.05) is 13.1 Å². The molecule has 0 unspecified atom stereocenters.